The molecule has 146 heavy (non-hydrogen) atoms. The Morgan fingerprint density at radius 1 is 0.116 bits per heavy atom. The van der Waals surface area contributed by atoms with Crippen molar-refractivity contribution in [2.75, 3.05) is 0 Å². The zero-order chi connectivity index (χ0) is 99.4. The molecule has 0 atom stereocenters. The Bertz CT molecular complexity index is 9130. The topological polar surface area (TPSA) is 65.7 Å². The van der Waals surface area contributed by atoms with Crippen molar-refractivity contribution in [1.82, 2.24) is 0 Å². The first kappa shape index (κ1) is 93.6. The zero-order valence-electron chi connectivity index (χ0n) is 84.0. The maximum absolute atomic E-state index is 6.30. The molecule has 0 amide bonds. The van der Waals surface area contributed by atoms with Crippen molar-refractivity contribution in [2.24, 2.45) is 0 Å². The van der Waals surface area contributed by atoms with Gasteiger partial charge in [-0.1, -0.05) is 445 Å². The fraction of sp³-hybridized carbons (Fsp3) is 0.106. The van der Waals surface area contributed by atoms with E-state index in [0.717, 1.165) is 77.7 Å². The maximum atomic E-state index is 6.30. The van der Waals surface area contributed by atoms with Crippen LogP contribution in [-0.4, -0.2) is 0 Å². The van der Waals surface area contributed by atoms with Crippen LogP contribution in [0, 0.1) is 0 Å². The van der Waals surface area contributed by atoms with Crippen molar-refractivity contribution in [3.63, 3.8) is 0 Å². The molecule has 0 aliphatic heterocycles. The minimum atomic E-state index is 0.538. The summed E-state index contributed by atoms with van der Waals surface area (Å²) < 4.78 is 30.5. The molecule has 5 nitrogen and oxygen atoms in total. The molecule has 0 saturated carbocycles. The summed E-state index contributed by atoms with van der Waals surface area (Å²) in [6.07, 6.45) is 0. The molecule has 0 saturated heterocycles. The van der Waals surface area contributed by atoms with Gasteiger partial charge in [0.15, 0.2) is 0 Å². The first-order chi connectivity index (χ1) is 71.4. The van der Waals surface area contributed by atoms with E-state index in [9.17, 15) is 0 Å². The van der Waals surface area contributed by atoms with Gasteiger partial charge in [-0.3, -0.25) is 0 Å². The van der Waals surface area contributed by atoms with Crippen molar-refractivity contribution in [2.45, 2.75) is 98.8 Å². The molecule has 26 aromatic rings. The lowest BCUT2D eigenvalue weighted by molar-refractivity contribution is 0.668. The Hall–Kier alpha value is -17.4. The van der Waals surface area contributed by atoms with Crippen molar-refractivity contribution < 1.29 is 22.1 Å². The van der Waals surface area contributed by atoms with Crippen LogP contribution < -0.4 is 0 Å². The van der Waals surface area contributed by atoms with Crippen LogP contribution in [0.4, 0.5) is 0 Å². The summed E-state index contributed by atoms with van der Waals surface area (Å²) in [6, 6.07) is 170. The van der Waals surface area contributed by atoms with Gasteiger partial charge in [-0.25, -0.2) is 0 Å². The van der Waals surface area contributed by atoms with Crippen LogP contribution in [0.25, 0.3) is 232 Å². The molecule has 0 bridgehead atoms. The Kier molecular flexibility index (Phi) is 26.5. The number of hydrogen-bond donors (Lipinski definition) is 0. The molecular formula is C141H114O5. The lowest BCUT2D eigenvalue weighted by Gasteiger charge is -2.09. The van der Waals surface area contributed by atoms with Gasteiger partial charge < -0.3 is 22.1 Å². The SMILES string of the molecule is CC(C)c1ccc(-c2ccc(-c3ccc4c(c3)oc3cc(-c5ccccc5)ccc34)cc2)cc1.CC(C)c1ccc(-c2cccc(-c3ccc4c(c3)oc3ccccc34)c2)cc1.CC(C)c1ccc(-c2cccc(-c3ccc4oc5ccccc5c4c3)c2)cc1.CC(C)c1ccc(-c2cccc(-c3cccc4c3oc3ccccc34)c2)cc1.CC(C)c1cccc(-c2ccc(-c3ccc4oc5ccccc5c4c3)cc2)c1. The number of benzene rings is 21. The Morgan fingerprint density at radius 3 is 0.712 bits per heavy atom. The number of para-hydroxylation sites is 5. The first-order valence-electron chi connectivity index (χ1n) is 51.1. The van der Waals surface area contributed by atoms with Crippen LogP contribution in [0.15, 0.2) is 501 Å². The molecule has 26 rings (SSSR count). The molecule has 0 N–H and O–H groups in total. The van der Waals surface area contributed by atoms with Gasteiger partial charge in [0.05, 0.1) is 0 Å². The molecule has 0 spiro atoms. The van der Waals surface area contributed by atoms with Gasteiger partial charge in [0, 0.05) is 59.4 Å². The Morgan fingerprint density at radius 2 is 0.329 bits per heavy atom. The second kappa shape index (κ2) is 41.3. The van der Waals surface area contributed by atoms with E-state index < -0.39 is 0 Å². The van der Waals surface area contributed by atoms with Gasteiger partial charge in [0.25, 0.3) is 0 Å². The van der Waals surface area contributed by atoms with Crippen molar-refractivity contribution in [3.05, 3.63) is 507 Å². The largest absolute Gasteiger partial charge is 0.456 e. The minimum Gasteiger partial charge on any atom is -0.456 e. The van der Waals surface area contributed by atoms with E-state index in [-0.39, 0.29) is 0 Å². The van der Waals surface area contributed by atoms with Crippen LogP contribution in [0.2, 0.25) is 0 Å². The van der Waals surface area contributed by atoms with Gasteiger partial charge in [-0.2, -0.15) is 0 Å². The molecule has 0 aliphatic rings. The highest BCUT2D eigenvalue weighted by Crippen LogP contribution is 2.44. The second-order valence-corrected chi connectivity index (χ2v) is 39.9. The lowest BCUT2D eigenvalue weighted by atomic mass is 9.96. The summed E-state index contributed by atoms with van der Waals surface area (Å²) in [5, 5.41) is 11.6. The van der Waals surface area contributed by atoms with Crippen LogP contribution in [0.1, 0.15) is 127 Å². The average molecular weight is 1890 g/mol. The second-order valence-electron chi connectivity index (χ2n) is 39.9. The monoisotopic (exact) mass is 1890 g/mol. The minimum absolute atomic E-state index is 0.538. The fourth-order valence-electron chi connectivity index (χ4n) is 20.1. The molecule has 0 radical (unpaired) electrons. The quantitative estimate of drug-likeness (QED) is 0.0964. The summed E-state index contributed by atoms with van der Waals surface area (Å²) in [7, 11) is 0. The molecule has 0 aliphatic carbocycles. The fourth-order valence-corrected chi connectivity index (χ4v) is 20.1. The van der Waals surface area contributed by atoms with Crippen molar-refractivity contribution in [1.29, 1.82) is 0 Å². The average Bonchev–Trinajstić information content (AvgIpc) is 1.61. The van der Waals surface area contributed by atoms with Crippen LogP contribution in [0.3, 0.4) is 0 Å². The van der Waals surface area contributed by atoms with Crippen LogP contribution >= 0.6 is 0 Å². The first-order valence-corrected chi connectivity index (χ1v) is 51.1. The summed E-state index contributed by atoms with van der Waals surface area (Å²) >= 11 is 0. The molecule has 0 fully saturated rings. The Labute approximate surface area is 854 Å². The third-order valence-corrected chi connectivity index (χ3v) is 28.6. The van der Waals surface area contributed by atoms with E-state index in [1.165, 1.54) is 182 Å². The standard InChI is InChI=1S/C33H26O.4C27H22O/c1-22(2)23-8-10-25(11-9-23)26-12-14-27(15-13-26)29-17-19-31-30-18-16-28(24-6-4-3-5-7-24)20-32(30)34-33(31)21-29;1-18(2)19-13-15-20(16-14-19)21-7-5-8-22(17-21)23-10-6-11-25-24-9-3-4-12-26(24)28-27(23)25;1-18(2)21-6-5-7-22(16-21)19-10-12-20(13-11-19)23-14-15-27-25(17-23)24-8-3-4-9-26(24)28-27;1-18(2)19-10-12-20(13-11-19)21-6-5-7-22(16-21)23-14-15-27-25(17-23)24-8-3-4-9-26(24)28-27;1-18(2)19-10-12-20(13-11-19)21-6-5-7-22(16-21)23-14-15-25-24-8-3-4-9-26(24)28-27(25)17-23/h3-22H,1-2H3;4*3-18H,1-2H3. The normalized spacial score (nSPS) is 11.5. The molecule has 708 valence electrons. The van der Waals surface area contributed by atoms with Gasteiger partial charge in [-0.05, 0) is 277 Å². The number of rotatable bonds is 16. The van der Waals surface area contributed by atoms with Gasteiger partial charge in [0.2, 0.25) is 0 Å². The lowest BCUT2D eigenvalue weighted by Crippen LogP contribution is -1.88. The predicted molar refractivity (Wildman–Crippen MR) is 619 cm³/mol. The molecule has 5 aromatic heterocycles. The van der Waals surface area contributed by atoms with E-state index in [1.54, 1.807) is 0 Å². The third kappa shape index (κ3) is 19.8. The summed E-state index contributed by atoms with van der Waals surface area (Å²) in [5.74, 6) is 2.74. The van der Waals surface area contributed by atoms with E-state index >= 15 is 0 Å². The van der Waals surface area contributed by atoms with Gasteiger partial charge in [0.1, 0.15) is 55.8 Å². The third-order valence-electron chi connectivity index (χ3n) is 28.6. The van der Waals surface area contributed by atoms with Crippen molar-refractivity contribution in [3.8, 4) is 122 Å². The molecule has 21 aromatic carbocycles. The zero-order valence-corrected chi connectivity index (χ0v) is 84.0. The highest BCUT2D eigenvalue weighted by atomic mass is 16.3. The van der Waals surface area contributed by atoms with E-state index in [2.05, 4.69) is 494 Å². The predicted octanol–water partition coefficient (Wildman–Crippen LogP) is 41.9. The van der Waals surface area contributed by atoms with Gasteiger partial charge >= 0.3 is 0 Å². The maximum Gasteiger partial charge on any atom is 0.143 e. The Balaban J connectivity index is 0.000000104. The van der Waals surface area contributed by atoms with Crippen LogP contribution in [-0.2, 0) is 0 Å². The number of fused-ring (bicyclic) bond motifs is 15. The summed E-state index contributed by atoms with van der Waals surface area (Å²) in [5.41, 5.74) is 42.9. The molecular weight excluding hydrogens is 1770 g/mol. The molecule has 5 heterocycles. The van der Waals surface area contributed by atoms with Crippen molar-refractivity contribution >= 4 is 110 Å². The van der Waals surface area contributed by atoms with E-state index in [1.807, 2.05) is 54.6 Å². The highest BCUT2D eigenvalue weighted by molar-refractivity contribution is 6.12. The highest BCUT2D eigenvalue weighted by Gasteiger charge is 2.20. The smallest absolute Gasteiger partial charge is 0.143 e. The van der Waals surface area contributed by atoms with Crippen LogP contribution in [0.5, 0.6) is 0 Å². The number of furan rings is 5. The summed E-state index contributed by atoms with van der Waals surface area (Å²) in [4.78, 5) is 0. The molecule has 5 heteroatoms. The van der Waals surface area contributed by atoms with Gasteiger partial charge in [-0.15, -0.1) is 0 Å². The van der Waals surface area contributed by atoms with E-state index in [4.69, 9.17) is 22.1 Å². The molecule has 0 unspecified atom stereocenters. The number of hydrogen-bond acceptors (Lipinski definition) is 5. The van der Waals surface area contributed by atoms with E-state index in [0.29, 0.717) is 29.6 Å². The summed E-state index contributed by atoms with van der Waals surface area (Å²) in [6.45, 7) is 22.3.